The molecule has 0 aromatic carbocycles. The van der Waals surface area contributed by atoms with Gasteiger partial charge in [0.25, 0.3) is 0 Å². The van der Waals surface area contributed by atoms with E-state index < -0.39 is 12.0 Å². The van der Waals surface area contributed by atoms with Crippen molar-refractivity contribution in [3.63, 3.8) is 0 Å². The topological polar surface area (TPSA) is 77.9 Å². The average Bonchev–Trinajstić information content (AvgIpc) is 2.29. The highest BCUT2D eigenvalue weighted by Gasteiger charge is 2.33. The second-order valence-corrected chi connectivity index (χ2v) is 4.47. The smallest absolute Gasteiger partial charge is 0.326 e. The van der Waals surface area contributed by atoms with Crippen LogP contribution in [-0.4, -0.2) is 59.4 Å². The highest BCUT2D eigenvalue weighted by molar-refractivity contribution is 5.89. The lowest BCUT2D eigenvalue weighted by atomic mass is 9.94. The Morgan fingerprint density at radius 1 is 1.53 bits per heavy atom. The highest BCUT2D eigenvalue weighted by atomic mass is 16.4. The van der Waals surface area contributed by atoms with E-state index in [0.717, 1.165) is 0 Å². The first-order valence-electron chi connectivity index (χ1n) is 5.58. The maximum absolute atomic E-state index is 12.0. The monoisotopic (exact) mass is 242 g/mol. The van der Waals surface area contributed by atoms with E-state index in [0.29, 0.717) is 13.0 Å². The summed E-state index contributed by atoms with van der Waals surface area (Å²) in [6, 6.07) is -0.864. The quantitative estimate of drug-likeness (QED) is 0.742. The molecule has 0 spiro atoms. The maximum atomic E-state index is 12.0. The molecule has 17 heavy (non-hydrogen) atoms. The third-order valence-corrected chi connectivity index (χ3v) is 3.29. The van der Waals surface area contributed by atoms with Crippen LogP contribution in [0.25, 0.3) is 0 Å². The van der Waals surface area contributed by atoms with Crippen LogP contribution in [0.3, 0.4) is 0 Å². The van der Waals surface area contributed by atoms with Gasteiger partial charge in [-0.3, -0.25) is 9.59 Å². The summed E-state index contributed by atoms with van der Waals surface area (Å²) in [5.41, 5.74) is 0. The lowest BCUT2D eigenvalue weighted by Gasteiger charge is -2.31. The summed E-state index contributed by atoms with van der Waals surface area (Å²) < 4.78 is 0. The summed E-state index contributed by atoms with van der Waals surface area (Å²) in [6.07, 6.45) is 0.768. The molecule has 96 valence electrons. The third kappa shape index (κ3) is 2.95. The van der Waals surface area contributed by atoms with E-state index in [1.165, 1.54) is 18.9 Å². The van der Waals surface area contributed by atoms with Gasteiger partial charge in [0.15, 0.2) is 0 Å². The molecule has 6 heteroatoms. The Bertz CT molecular complexity index is 342. The number of amides is 2. The van der Waals surface area contributed by atoms with Crippen LogP contribution < -0.4 is 0 Å². The fourth-order valence-corrected chi connectivity index (χ4v) is 1.80. The molecule has 2 atom stereocenters. The first-order valence-corrected chi connectivity index (χ1v) is 5.58. The van der Waals surface area contributed by atoms with Crippen molar-refractivity contribution in [1.29, 1.82) is 0 Å². The number of aliphatic carboxylic acids is 1. The Kier molecular flexibility index (Phi) is 4.09. The summed E-state index contributed by atoms with van der Waals surface area (Å²) in [5, 5.41) is 8.82. The number of piperidine rings is 1. The van der Waals surface area contributed by atoms with E-state index in [-0.39, 0.29) is 24.2 Å². The SMILES string of the molecule is C[C@@H](C(=O)O)N(C)C(=O)[C@H]1CCN(C)C(=O)C1. The van der Waals surface area contributed by atoms with Crippen LogP contribution in [0, 0.1) is 5.92 Å². The van der Waals surface area contributed by atoms with E-state index >= 15 is 0 Å². The molecule has 1 aliphatic rings. The number of carboxylic acid groups (broad SMARTS) is 1. The Morgan fingerprint density at radius 3 is 2.59 bits per heavy atom. The van der Waals surface area contributed by atoms with Crippen molar-refractivity contribution in [2.75, 3.05) is 20.6 Å². The summed E-state index contributed by atoms with van der Waals surface area (Å²) in [4.78, 5) is 37.0. The molecule has 0 aromatic rings. The van der Waals surface area contributed by atoms with Crippen molar-refractivity contribution in [2.45, 2.75) is 25.8 Å². The number of hydrogen-bond acceptors (Lipinski definition) is 3. The van der Waals surface area contributed by atoms with Crippen LogP contribution >= 0.6 is 0 Å². The second kappa shape index (κ2) is 5.16. The van der Waals surface area contributed by atoms with Gasteiger partial charge in [-0.1, -0.05) is 0 Å². The number of rotatable bonds is 3. The number of nitrogens with zero attached hydrogens (tertiary/aromatic N) is 2. The van der Waals surface area contributed by atoms with Gasteiger partial charge in [-0.15, -0.1) is 0 Å². The number of hydrogen-bond donors (Lipinski definition) is 1. The van der Waals surface area contributed by atoms with Crippen molar-refractivity contribution >= 4 is 17.8 Å². The van der Waals surface area contributed by atoms with Crippen molar-refractivity contribution in [1.82, 2.24) is 9.80 Å². The Morgan fingerprint density at radius 2 is 2.12 bits per heavy atom. The minimum absolute atomic E-state index is 0.0639. The van der Waals surface area contributed by atoms with E-state index in [1.807, 2.05) is 0 Å². The summed E-state index contributed by atoms with van der Waals surface area (Å²) >= 11 is 0. The van der Waals surface area contributed by atoms with Crippen LogP contribution in [0.15, 0.2) is 0 Å². The number of carboxylic acids is 1. The Labute approximate surface area is 100 Å². The summed E-state index contributed by atoms with van der Waals surface area (Å²) in [6.45, 7) is 2.00. The zero-order valence-corrected chi connectivity index (χ0v) is 10.3. The lowest BCUT2D eigenvalue weighted by molar-refractivity contribution is -0.152. The molecule has 0 unspecified atom stereocenters. The molecule has 0 saturated carbocycles. The molecule has 6 nitrogen and oxygen atoms in total. The van der Waals surface area contributed by atoms with Gasteiger partial charge in [0.05, 0.1) is 0 Å². The average molecular weight is 242 g/mol. The van der Waals surface area contributed by atoms with E-state index in [2.05, 4.69) is 0 Å². The number of likely N-dealkylation sites (tertiary alicyclic amines) is 1. The minimum Gasteiger partial charge on any atom is -0.480 e. The van der Waals surface area contributed by atoms with Crippen LogP contribution in [0.5, 0.6) is 0 Å². The van der Waals surface area contributed by atoms with E-state index in [1.54, 1.807) is 11.9 Å². The van der Waals surface area contributed by atoms with Crippen molar-refractivity contribution in [2.24, 2.45) is 5.92 Å². The van der Waals surface area contributed by atoms with Crippen molar-refractivity contribution in [3.05, 3.63) is 0 Å². The van der Waals surface area contributed by atoms with Gasteiger partial charge in [-0.2, -0.15) is 0 Å². The predicted molar refractivity (Wildman–Crippen MR) is 60.2 cm³/mol. The number of carbonyl (C=O) groups is 3. The zero-order valence-electron chi connectivity index (χ0n) is 10.3. The molecule has 1 aliphatic heterocycles. The first kappa shape index (κ1) is 13.5. The number of carbonyl (C=O) groups excluding carboxylic acids is 2. The van der Waals surface area contributed by atoms with Gasteiger partial charge in [0, 0.05) is 33.0 Å². The molecule has 1 rings (SSSR count). The third-order valence-electron chi connectivity index (χ3n) is 3.29. The predicted octanol–water partition coefficient (Wildman–Crippen LogP) is -0.214. The maximum Gasteiger partial charge on any atom is 0.326 e. The number of likely N-dealkylation sites (N-methyl/N-ethyl adjacent to an activating group) is 1. The Hall–Kier alpha value is -1.59. The van der Waals surface area contributed by atoms with Crippen LogP contribution in [0.1, 0.15) is 19.8 Å². The molecule has 2 amide bonds. The fourth-order valence-electron chi connectivity index (χ4n) is 1.80. The summed E-state index contributed by atoms with van der Waals surface area (Å²) in [7, 11) is 3.16. The van der Waals surface area contributed by atoms with E-state index in [4.69, 9.17) is 5.11 Å². The molecule has 0 bridgehead atoms. The van der Waals surface area contributed by atoms with Crippen molar-refractivity contribution in [3.8, 4) is 0 Å². The lowest BCUT2D eigenvalue weighted by Crippen LogP contribution is -2.47. The van der Waals surface area contributed by atoms with Crippen LogP contribution in [-0.2, 0) is 14.4 Å². The largest absolute Gasteiger partial charge is 0.480 e. The van der Waals surface area contributed by atoms with E-state index in [9.17, 15) is 14.4 Å². The van der Waals surface area contributed by atoms with Gasteiger partial charge in [0.2, 0.25) is 11.8 Å². The van der Waals surface area contributed by atoms with Crippen LogP contribution in [0.4, 0.5) is 0 Å². The van der Waals surface area contributed by atoms with Gasteiger partial charge in [-0.25, -0.2) is 4.79 Å². The molecule has 0 radical (unpaired) electrons. The van der Waals surface area contributed by atoms with Gasteiger partial charge in [0.1, 0.15) is 6.04 Å². The summed E-state index contributed by atoms with van der Waals surface area (Å²) in [5.74, 6) is -1.75. The van der Waals surface area contributed by atoms with Crippen molar-refractivity contribution < 1.29 is 19.5 Å². The molecule has 1 fully saturated rings. The molecular formula is C11H18N2O4. The second-order valence-electron chi connectivity index (χ2n) is 4.47. The highest BCUT2D eigenvalue weighted by Crippen LogP contribution is 2.20. The molecule has 1 N–H and O–H groups in total. The minimum atomic E-state index is -1.04. The normalized spacial score (nSPS) is 22.2. The standard InChI is InChI=1S/C11H18N2O4/c1-7(11(16)17)13(3)10(15)8-4-5-12(2)9(14)6-8/h7-8H,4-6H2,1-3H3,(H,16,17)/t7-,8-/m0/s1. The zero-order chi connectivity index (χ0) is 13.2. The fraction of sp³-hybridized carbons (Fsp3) is 0.727. The van der Waals surface area contributed by atoms with Gasteiger partial charge >= 0.3 is 5.97 Å². The molecule has 0 aromatic heterocycles. The van der Waals surface area contributed by atoms with Gasteiger partial charge < -0.3 is 14.9 Å². The Balaban J connectivity index is 2.64. The molecule has 1 heterocycles. The molecular weight excluding hydrogens is 224 g/mol. The van der Waals surface area contributed by atoms with Gasteiger partial charge in [-0.05, 0) is 13.3 Å². The van der Waals surface area contributed by atoms with Crippen LogP contribution in [0.2, 0.25) is 0 Å². The molecule has 0 aliphatic carbocycles. The molecule has 1 saturated heterocycles. The first-order chi connectivity index (χ1) is 7.84.